The van der Waals surface area contributed by atoms with Crippen molar-refractivity contribution in [2.45, 2.75) is 104 Å². The van der Waals surface area contributed by atoms with Gasteiger partial charge in [0.2, 0.25) is 10.1 Å². The van der Waals surface area contributed by atoms with Gasteiger partial charge < -0.3 is 57.4 Å². The molecular weight excluding hydrogens is 1130 g/mol. The van der Waals surface area contributed by atoms with E-state index in [1.165, 1.54) is 24.3 Å². The minimum Gasteiger partial charge on any atom is -0.445 e. The van der Waals surface area contributed by atoms with Crippen molar-refractivity contribution in [3.63, 3.8) is 0 Å². The van der Waals surface area contributed by atoms with E-state index in [9.17, 15) is 4.79 Å². The lowest BCUT2D eigenvalue weighted by Gasteiger charge is -2.51. The molecule has 0 radical (unpaired) electrons. The second-order valence-corrected chi connectivity index (χ2v) is 22.1. The van der Waals surface area contributed by atoms with E-state index in [1.54, 1.807) is 30.3 Å². The summed E-state index contributed by atoms with van der Waals surface area (Å²) in [6.07, 6.45) is -18.8. The number of amides is 1. The van der Waals surface area contributed by atoms with E-state index in [-0.39, 0.29) is 45.3 Å². The molecule has 3 heterocycles. The van der Waals surface area contributed by atoms with E-state index in [0.29, 0.717) is 5.56 Å². The van der Waals surface area contributed by atoms with Crippen LogP contribution in [-0.4, -0.2) is 103 Å². The number of aliphatic imine (C=N–C) groups is 1. The normalized spacial score (nSPS) is 25.0. The van der Waals surface area contributed by atoms with Gasteiger partial charge in [-0.1, -0.05) is 211 Å². The summed E-state index contributed by atoms with van der Waals surface area (Å²) in [5.41, 5.74) is 3.76. The smallest absolute Gasteiger partial charge is 0.445 e. The van der Waals surface area contributed by atoms with Crippen molar-refractivity contribution in [1.29, 1.82) is 0 Å². The molecule has 14 nitrogen and oxygen atoms in total. The molecule has 11 atom stereocenters. The summed E-state index contributed by atoms with van der Waals surface area (Å²) in [6, 6.07) is 56.8. The molecule has 20 heteroatoms. The summed E-state index contributed by atoms with van der Waals surface area (Å²) < 4.78 is 116. The highest BCUT2D eigenvalue weighted by atomic mass is 35.6. The standard InChI is InChI=1S/C62H58Cl3F3N2O12/c63-61(64,65)39-77-60(71)70-50-53(73-34-41-20-8-2-9-21-41)51(48(37-72-33-40-18-6-1-7-19-40)78-57(50)82-59(62(66,67)68)69-47-28-14-5-15-29-47)81-58-55(75-35-42-22-10-3-11-23-42)54(74-36-43-30-31-44-24-16-17-27-46(44)32-43)52-49(79-58)38-76-56(80-52)45-25-12-4-13-26-45/h1-32,48-58H,33-39H2,(H,70,71)/t48-,49-,50-,51-,52-,53-,54+,55+,56-,57?,58+/m1/s1. The number of hydrogen-bond donors (Lipinski definition) is 1. The van der Waals surface area contributed by atoms with Crippen molar-refractivity contribution < 1.29 is 70.1 Å². The third kappa shape index (κ3) is 16.1. The van der Waals surface area contributed by atoms with Gasteiger partial charge in [-0.3, -0.25) is 0 Å². The average Bonchev–Trinajstić information content (AvgIpc) is 3.65. The van der Waals surface area contributed by atoms with Crippen LogP contribution >= 0.6 is 34.8 Å². The maximum atomic E-state index is 15.3. The molecule has 82 heavy (non-hydrogen) atoms. The second-order valence-electron chi connectivity index (χ2n) is 19.6. The Morgan fingerprint density at radius 2 is 1.15 bits per heavy atom. The molecule has 3 aliphatic rings. The number of fused-ring (bicyclic) bond motifs is 2. The van der Waals surface area contributed by atoms with Crippen molar-refractivity contribution in [1.82, 2.24) is 5.32 Å². The fourth-order valence-electron chi connectivity index (χ4n) is 9.74. The van der Waals surface area contributed by atoms with Crippen LogP contribution in [0.25, 0.3) is 10.8 Å². The lowest BCUT2D eigenvalue weighted by Crippen LogP contribution is -2.69. The highest BCUT2D eigenvalue weighted by Crippen LogP contribution is 2.40. The summed E-state index contributed by atoms with van der Waals surface area (Å²) in [4.78, 5) is 17.8. The van der Waals surface area contributed by atoms with Gasteiger partial charge in [0.1, 0.15) is 55.4 Å². The molecule has 7 aromatic carbocycles. The van der Waals surface area contributed by atoms with E-state index in [4.69, 9.17) is 86.9 Å². The number of carbonyl (C=O) groups excluding carboxylic acids is 1. The number of hydrogen-bond acceptors (Lipinski definition) is 13. The Bertz CT molecular complexity index is 3140. The first-order valence-corrected chi connectivity index (χ1v) is 27.6. The zero-order chi connectivity index (χ0) is 56.9. The Balaban J connectivity index is 1.07. The van der Waals surface area contributed by atoms with Crippen LogP contribution in [0.15, 0.2) is 199 Å². The van der Waals surface area contributed by atoms with Gasteiger partial charge in [0.25, 0.3) is 5.90 Å². The van der Waals surface area contributed by atoms with Crippen LogP contribution in [0.2, 0.25) is 0 Å². The van der Waals surface area contributed by atoms with Gasteiger partial charge in [-0.15, -0.1) is 0 Å². The number of para-hydroxylation sites is 1. The van der Waals surface area contributed by atoms with Gasteiger partial charge in [-0.2, -0.15) is 13.2 Å². The van der Waals surface area contributed by atoms with Crippen LogP contribution in [0.1, 0.15) is 34.1 Å². The van der Waals surface area contributed by atoms with E-state index in [2.05, 4.69) is 10.3 Å². The SMILES string of the molecule is O=C(N[C@H]1C(OC(=Nc2ccccc2)C(F)(F)F)O[C@H](COCc2ccccc2)[C@@H](O[C@@H]2O[C@@H]3CO[C@@H](c4ccccc4)O[C@H]3[C@H](OCc3ccc4ccccc4c3)[C@@H]2OCc2ccccc2)[C@@H]1OCc1ccccc1)OCC(Cl)(Cl)Cl. The molecule has 0 bridgehead atoms. The number of benzene rings is 7. The zero-order valence-electron chi connectivity index (χ0n) is 43.9. The van der Waals surface area contributed by atoms with Gasteiger partial charge in [0.15, 0.2) is 12.6 Å². The molecule has 0 aliphatic carbocycles. The largest absolute Gasteiger partial charge is 0.468 e. The molecular formula is C62H58Cl3F3N2O12. The number of carbonyl (C=O) groups is 1. The molecule has 1 amide bonds. The van der Waals surface area contributed by atoms with Crippen LogP contribution < -0.4 is 5.32 Å². The maximum absolute atomic E-state index is 15.3. The number of nitrogens with one attached hydrogen (secondary N) is 1. The molecule has 10 rings (SSSR count). The highest BCUT2D eigenvalue weighted by Gasteiger charge is 2.57. The fourth-order valence-corrected chi connectivity index (χ4v) is 9.91. The Morgan fingerprint density at radius 1 is 0.585 bits per heavy atom. The summed E-state index contributed by atoms with van der Waals surface area (Å²) in [7, 11) is 0. The Kier molecular flexibility index (Phi) is 20.1. The Morgan fingerprint density at radius 3 is 1.78 bits per heavy atom. The molecule has 7 aromatic rings. The number of alkyl halides is 6. The third-order valence-electron chi connectivity index (χ3n) is 13.6. The molecule has 430 valence electrons. The van der Waals surface area contributed by atoms with Gasteiger partial charge in [-0.05, 0) is 51.2 Å². The summed E-state index contributed by atoms with van der Waals surface area (Å²) >= 11 is 18.0. The average molecular weight is 1190 g/mol. The van der Waals surface area contributed by atoms with E-state index in [0.717, 1.165) is 33.0 Å². The van der Waals surface area contributed by atoms with E-state index >= 15 is 13.2 Å². The molecule has 0 aromatic heterocycles. The van der Waals surface area contributed by atoms with E-state index in [1.807, 2.05) is 140 Å². The van der Waals surface area contributed by atoms with Gasteiger partial charge in [0, 0.05) is 5.56 Å². The van der Waals surface area contributed by atoms with Crippen molar-refractivity contribution in [3.8, 4) is 0 Å². The molecule has 3 aliphatic heterocycles. The second kappa shape index (κ2) is 27.9. The summed E-state index contributed by atoms with van der Waals surface area (Å²) in [5.74, 6) is -1.70. The summed E-state index contributed by atoms with van der Waals surface area (Å²) in [6.45, 7) is -1.10. The predicted octanol–water partition coefficient (Wildman–Crippen LogP) is 12.8. The first-order chi connectivity index (χ1) is 39.8. The first-order valence-electron chi connectivity index (χ1n) is 26.5. The minimum atomic E-state index is -5.20. The highest BCUT2D eigenvalue weighted by molar-refractivity contribution is 6.67. The predicted molar refractivity (Wildman–Crippen MR) is 300 cm³/mol. The third-order valence-corrected chi connectivity index (χ3v) is 13.9. The van der Waals surface area contributed by atoms with Gasteiger partial charge in [-0.25, -0.2) is 9.79 Å². The van der Waals surface area contributed by atoms with Crippen LogP contribution in [0.5, 0.6) is 0 Å². The quantitative estimate of drug-likeness (QED) is 0.0441. The molecule has 1 N–H and O–H groups in total. The number of ether oxygens (including phenoxy) is 11. The number of alkyl carbamates (subject to hydrolysis) is 1. The van der Waals surface area contributed by atoms with Crippen LogP contribution in [0.4, 0.5) is 23.7 Å². The Hall–Kier alpha value is -6.16. The lowest BCUT2D eigenvalue weighted by molar-refractivity contribution is -0.390. The first kappa shape index (κ1) is 59.0. The number of rotatable bonds is 20. The minimum absolute atomic E-state index is 0.000153. The van der Waals surface area contributed by atoms with Crippen molar-refractivity contribution >= 4 is 63.3 Å². The monoisotopic (exact) mass is 1180 g/mol. The van der Waals surface area contributed by atoms with Crippen molar-refractivity contribution in [2.24, 2.45) is 4.99 Å². The number of nitrogens with zero attached hydrogens (tertiary/aromatic N) is 1. The van der Waals surface area contributed by atoms with Crippen molar-refractivity contribution in [3.05, 3.63) is 222 Å². The molecule has 0 saturated carbocycles. The molecule has 3 fully saturated rings. The lowest BCUT2D eigenvalue weighted by atomic mass is 9.94. The molecule has 3 saturated heterocycles. The van der Waals surface area contributed by atoms with E-state index < -0.39 is 96.2 Å². The molecule has 1 unspecified atom stereocenters. The number of halogens is 6. The summed E-state index contributed by atoms with van der Waals surface area (Å²) in [5, 5.41) is 4.66. The molecule has 0 spiro atoms. The van der Waals surface area contributed by atoms with Gasteiger partial charge >= 0.3 is 12.3 Å². The zero-order valence-corrected chi connectivity index (χ0v) is 46.2. The van der Waals surface area contributed by atoms with Crippen LogP contribution in [-0.2, 0) is 78.5 Å². The maximum Gasteiger partial charge on any atom is 0.468 e. The van der Waals surface area contributed by atoms with Crippen LogP contribution in [0, 0.1) is 0 Å². The fraction of sp³-hybridized carbons (Fsp3) is 0.323. The Labute approximate surface area is 487 Å². The topological polar surface area (TPSA) is 143 Å². The van der Waals surface area contributed by atoms with Gasteiger partial charge in [0.05, 0.1) is 45.3 Å². The van der Waals surface area contributed by atoms with Crippen LogP contribution in [0.3, 0.4) is 0 Å². The van der Waals surface area contributed by atoms with Crippen molar-refractivity contribution in [2.75, 3.05) is 19.8 Å².